The van der Waals surface area contributed by atoms with E-state index in [9.17, 15) is 9.59 Å². The summed E-state index contributed by atoms with van der Waals surface area (Å²) < 4.78 is 15.8. The second-order valence-corrected chi connectivity index (χ2v) is 5.76. The van der Waals surface area contributed by atoms with Crippen molar-refractivity contribution in [3.63, 3.8) is 0 Å². The fraction of sp³-hybridized carbons (Fsp3) is 0.143. The first-order valence-corrected chi connectivity index (χ1v) is 8.68. The molecule has 0 aliphatic heterocycles. The number of carbonyl (C=O) groups is 2. The van der Waals surface area contributed by atoms with Gasteiger partial charge in [-0.1, -0.05) is 6.07 Å². The summed E-state index contributed by atoms with van der Waals surface area (Å²) >= 11 is 0. The molecule has 3 rings (SSSR count). The number of nitrogens with one attached hydrogen (secondary N) is 2. The number of furan rings is 1. The third kappa shape index (κ3) is 4.50. The summed E-state index contributed by atoms with van der Waals surface area (Å²) in [5.74, 6) is 0.548. The van der Waals surface area contributed by atoms with Gasteiger partial charge in [-0.15, -0.1) is 0 Å². The van der Waals surface area contributed by atoms with Gasteiger partial charge in [0.15, 0.2) is 5.76 Å². The molecule has 2 N–H and O–H groups in total. The van der Waals surface area contributed by atoms with E-state index >= 15 is 0 Å². The Morgan fingerprint density at radius 3 is 2.57 bits per heavy atom. The minimum atomic E-state index is -0.392. The van der Waals surface area contributed by atoms with Crippen LogP contribution in [-0.2, 0) is 0 Å². The van der Waals surface area contributed by atoms with E-state index in [0.717, 1.165) is 0 Å². The number of benzene rings is 2. The molecule has 1 aromatic heterocycles. The first kappa shape index (κ1) is 19.0. The highest BCUT2D eigenvalue weighted by atomic mass is 16.5. The van der Waals surface area contributed by atoms with E-state index in [1.54, 1.807) is 54.6 Å². The van der Waals surface area contributed by atoms with Crippen LogP contribution in [0.15, 0.2) is 65.3 Å². The van der Waals surface area contributed by atoms with Crippen molar-refractivity contribution in [1.82, 2.24) is 0 Å². The summed E-state index contributed by atoms with van der Waals surface area (Å²) in [5, 5.41) is 5.52. The van der Waals surface area contributed by atoms with Gasteiger partial charge in [-0.3, -0.25) is 9.59 Å². The number of ether oxygens (including phenoxy) is 2. The SMILES string of the molecule is CCOc1cccc(C(=O)Nc2cc(NC(=O)c3ccco3)ccc2OC)c1. The van der Waals surface area contributed by atoms with Crippen LogP contribution in [0.4, 0.5) is 11.4 Å². The van der Waals surface area contributed by atoms with E-state index in [1.807, 2.05) is 6.92 Å². The fourth-order valence-corrected chi connectivity index (χ4v) is 2.57. The zero-order chi connectivity index (χ0) is 19.9. The van der Waals surface area contributed by atoms with Crippen molar-refractivity contribution in [3.05, 3.63) is 72.2 Å². The molecule has 0 atom stereocenters. The maximum Gasteiger partial charge on any atom is 0.291 e. The molecule has 0 bridgehead atoms. The fourth-order valence-electron chi connectivity index (χ4n) is 2.57. The van der Waals surface area contributed by atoms with Gasteiger partial charge in [-0.05, 0) is 55.5 Å². The summed E-state index contributed by atoms with van der Waals surface area (Å²) in [4.78, 5) is 24.8. The molecule has 7 nitrogen and oxygen atoms in total. The summed E-state index contributed by atoms with van der Waals surface area (Å²) in [6.07, 6.45) is 1.42. The second-order valence-electron chi connectivity index (χ2n) is 5.76. The Kier molecular flexibility index (Phi) is 5.96. The van der Waals surface area contributed by atoms with Crippen LogP contribution in [0.1, 0.15) is 27.8 Å². The van der Waals surface area contributed by atoms with Crippen molar-refractivity contribution in [2.75, 3.05) is 24.4 Å². The monoisotopic (exact) mass is 380 g/mol. The third-order valence-corrected chi connectivity index (χ3v) is 3.86. The van der Waals surface area contributed by atoms with Gasteiger partial charge in [0.2, 0.25) is 0 Å². The van der Waals surface area contributed by atoms with Crippen molar-refractivity contribution < 1.29 is 23.5 Å². The van der Waals surface area contributed by atoms with Gasteiger partial charge < -0.3 is 24.5 Å². The molecule has 0 fully saturated rings. The van der Waals surface area contributed by atoms with Crippen LogP contribution in [0.25, 0.3) is 0 Å². The summed E-state index contributed by atoms with van der Waals surface area (Å²) in [6, 6.07) is 15.0. The van der Waals surface area contributed by atoms with Gasteiger partial charge in [0.25, 0.3) is 11.8 Å². The third-order valence-electron chi connectivity index (χ3n) is 3.86. The average molecular weight is 380 g/mol. The molecule has 0 unspecified atom stereocenters. The maximum absolute atomic E-state index is 12.6. The quantitative estimate of drug-likeness (QED) is 0.641. The number of carbonyl (C=O) groups excluding carboxylic acids is 2. The summed E-state index contributed by atoms with van der Waals surface area (Å²) in [5.41, 5.74) is 1.35. The predicted octanol–water partition coefficient (Wildman–Crippen LogP) is 4.19. The molecule has 3 aromatic rings. The predicted molar refractivity (Wildman–Crippen MR) is 105 cm³/mol. The standard InChI is InChI=1S/C21H20N2O5/c1-3-27-16-7-4-6-14(12-16)20(24)23-17-13-15(9-10-18(17)26-2)22-21(25)19-8-5-11-28-19/h4-13H,3H2,1-2H3,(H,22,25)(H,23,24). The summed E-state index contributed by atoms with van der Waals surface area (Å²) in [6.45, 7) is 2.39. The van der Waals surface area contributed by atoms with E-state index in [2.05, 4.69) is 10.6 Å². The van der Waals surface area contributed by atoms with Crippen LogP contribution >= 0.6 is 0 Å². The highest BCUT2D eigenvalue weighted by molar-refractivity contribution is 6.06. The first-order chi connectivity index (χ1) is 13.6. The molecule has 0 saturated carbocycles. The molecule has 144 valence electrons. The number of anilines is 2. The number of amides is 2. The Morgan fingerprint density at radius 1 is 1.00 bits per heavy atom. The van der Waals surface area contributed by atoms with Crippen LogP contribution in [-0.4, -0.2) is 25.5 Å². The Morgan fingerprint density at radius 2 is 1.86 bits per heavy atom. The molecule has 1 heterocycles. The molecule has 0 saturated heterocycles. The van der Waals surface area contributed by atoms with Gasteiger partial charge in [-0.2, -0.15) is 0 Å². The molecule has 0 radical (unpaired) electrons. The van der Waals surface area contributed by atoms with Crippen LogP contribution in [0.2, 0.25) is 0 Å². The van der Waals surface area contributed by atoms with Crippen LogP contribution in [0.5, 0.6) is 11.5 Å². The van der Waals surface area contributed by atoms with Gasteiger partial charge in [-0.25, -0.2) is 0 Å². The lowest BCUT2D eigenvalue weighted by molar-refractivity contribution is 0.0995. The number of methoxy groups -OCH3 is 1. The minimum Gasteiger partial charge on any atom is -0.495 e. The number of hydrogen-bond donors (Lipinski definition) is 2. The second kappa shape index (κ2) is 8.77. The Hall–Kier alpha value is -3.74. The molecule has 2 aromatic carbocycles. The molecule has 0 aliphatic carbocycles. The van der Waals surface area contributed by atoms with E-state index in [-0.39, 0.29) is 11.7 Å². The van der Waals surface area contributed by atoms with Gasteiger partial charge >= 0.3 is 0 Å². The number of hydrogen-bond acceptors (Lipinski definition) is 5. The molecule has 28 heavy (non-hydrogen) atoms. The van der Waals surface area contributed by atoms with Crippen molar-refractivity contribution in [2.24, 2.45) is 0 Å². The van der Waals surface area contributed by atoms with Crippen LogP contribution < -0.4 is 20.1 Å². The molecular weight excluding hydrogens is 360 g/mol. The molecular formula is C21H20N2O5. The molecule has 0 aliphatic rings. The van der Waals surface area contributed by atoms with Crippen molar-refractivity contribution >= 4 is 23.2 Å². The zero-order valence-electron chi connectivity index (χ0n) is 15.5. The maximum atomic E-state index is 12.6. The van der Waals surface area contributed by atoms with Crippen molar-refractivity contribution in [1.29, 1.82) is 0 Å². The minimum absolute atomic E-state index is 0.189. The smallest absolute Gasteiger partial charge is 0.291 e. The van der Waals surface area contributed by atoms with E-state index in [4.69, 9.17) is 13.9 Å². The van der Waals surface area contributed by atoms with Gasteiger partial charge in [0, 0.05) is 11.3 Å². The van der Waals surface area contributed by atoms with Crippen molar-refractivity contribution in [2.45, 2.75) is 6.92 Å². The van der Waals surface area contributed by atoms with Crippen molar-refractivity contribution in [3.8, 4) is 11.5 Å². The highest BCUT2D eigenvalue weighted by Crippen LogP contribution is 2.29. The molecule has 7 heteroatoms. The van der Waals surface area contributed by atoms with Gasteiger partial charge in [0.05, 0.1) is 25.7 Å². The Bertz CT molecular complexity index is 967. The lowest BCUT2D eigenvalue weighted by Crippen LogP contribution is -2.14. The highest BCUT2D eigenvalue weighted by Gasteiger charge is 2.14. The Balaban J connectivity index is 1.79. The number of rotatable bonds is 7. The zero-order valence-corrected chi connectivity index (χ0v) is 15.5. The van der Waals surface area contributed by atoms with E-state index in [0.29, 0.717) is 35.0 Å². The molecule has 2 amide bonds. The Labute approximate surface area is 162 Å². The van der Waals surface area contributed by atoms with E-state index < -0.39 is 5.91 Å². The topological polar surface area (TPSA) is 89.8 Å². The largest absolute Gasteiger partial charge is 0.495 e. The normalized spacial score (nSPS) is 10.2. The van der Waals surface area contributed by atoms with Crippen LogP contribution in [0, 0.1) is 0 Å². The van der Waals surface area contributed by atoms with Crippen LogP contribution in [0.3, 0.4) is 0 Å². The molecule has 0 spiro atoms. The lowest BCUT2D eigenvalue weighted by Gasteiger charge is -2.13. The van der Waals surface area contributed by atoms with E-state index in [1.165, 1.54) is 13.4 Å². The average Bonchev–Trinajstić information content (AvgIpc) is 3.24. The lowest BCUT2D eigenvalue weighted by atomic mass is 10.2. The van der Waals surface area contributed by atoms with Gasteiger partial charge in [0.1, 0.15) is 11.5 Å². The summed E-state index contributed by atoms with van der Waals surface area (Å²) in [7, 11) is 1.50. The first-order valence-electron chi connectivity index (χ1n) is 8.68.